The Kier molecular flexibility index (Phi) is 6.36. The number of anilines is 1. The van der Waals surface area contributed by atoms with Crippen molar-refractivity contribution < 1.29 is 0 Å². The second-order valence-electron chi connectivity index (χ2n) is 5.88. The maximum absolute atomic E-state index is 6.05. The van der Waals surface area contributed by atoms with E-state index in [1.165, 1.54) is 23.2 Å². The van der Waals surface area contributed by atoms with Crippen LogP contribution in [0.1, 0.15) is 44.7 Å². The summed E-state index contributed by atoms with van der Waals surface area (Å²) in [5, 5.41) is 0. The van der Waals surface area contributed by atoms with Crippen molar-refractivity contribution in [3.63, 3.8) is 0 Å². The molecule has 0 saturated heterocycles. The van der Waals surface area contributed by atoms with Crippen LogP contribution >= 0.6 is 0 Å². The smallest absolute Gasteiger partial charge is 0.0366 e. The Hall–Kier alpha value is -1.02. The summed E-state index contributed by atoms with van der Waals surface area (Å²) in [6.07, 6.45) is 3.25. The topological polar surface area (TPSA) is 29.3 Å². The number of benzene rings is 1. The van der Waals surface area contributed by atoms with E-state index in [9.17, 15) is 0 Å². The van der Waals surface area contributed by atoms with Crippen molar-refractivity contribution in [2.24, 2.45) is 11.7 Å². The maximum Gasteiger partial charge on any atom is 0.0366 e. The summed E-state index contributed by atoms with van der Waals surface area (Å²) < 4.78 is 0. The predicted octanol–water partition coefficient (Wildman–Crippen LogP) is 3.76. The zero-order chi connectivity index (χ0) is 14.4. The molecule has 0 radical (unpaired) electrons. The van der Waals surface area contributed by atoms with E-state index in [0.29, 0.717) is 0 Å². The molecule has 2 nitrogen and oxygen atoms in total. The van der Waals surface area contributed by atoms with Gasteiger partial charge >= 0.3 is 0 Å². The molecule has 0 aliphatic rings. The summed E-state index contributed by atoms with van der Waals surface area (Å²) in [7, 11) is 2.18. The molecule has 0 fully saturated rings. The molecule has 2 atom stereocenters. The number of aryl methyl sites for hydroxylation is 1. The van der Waals surface area contributed by atoms with Gasteiger partial charge in [-0.1, -0.05) is 33.3 Å². The lowest BCUT2D eigenvalue weighted by Gasteiger charge is -2.24. The highest BCUT2D eigenvalue weighted by Gasteiger charge is 2.09. The van der Waals surface area contributed by atoms with Gasteiger partial charge in [-0.3, -0.25) is 0 Å². The lowest BCUT2D eigenvalue weighted by Crippen LogP contribution is -2.24. The summed E-state index contributed by atoms with van der Waals surface area (Å²) in [5.41, 5.74) is 10.1. The minimum absolute atomic E-state index is 0.280. The molecular formula is C17H30N2. The zero-order valence-corrected chi connectivity index (χ0v) is 13.2. The first-order valence-electron chi connectivity index (χ1n) is 7.54. The highest BCUT2D eigenvalue weighted by atomic mass is 15.1. The average molecular weight is 262 g/mol. The number of hydrogen-bond acceptors (Lipinski definition) is 2. The maximum atomic E-state index is 6.05. The van der Waals surface area contributed by atoms with Crippen LogP contribution < -0.4 is 10.6 Å². The first-order chi connectivity index (χ1) is 8.97. The normalized spacial score (nSPS) is 14.2. The summed E-state index contributed by atoms with van der Waals surface area (Å²) in [4.78, 5) is 2.35. The summed E-state index contributed by atoms with van der Waals surface area (Å²) in [6.45, 7) is 10.0. The van der Waals surface area contributed by atoms with Crippen molar-refractivity contribution in [2.75, 3.05) is 18.5 Å². The van der Waals surface area contributed by atoms with Crippen molar-refractivity contribution >= 4 is 5.69 Å². The largest absolute Gasteiger partial charge is 0.374 e. The first kappa shape index (κ1) is 16.0. The molecule has 0 aliphatic heterocycles. The molecule has 0 heterocycles. The third-order valence-electron chi connectivity index (χ3n) is 4.06. The van der Waals surface area contributed by atoms with Crippen LogP contribution in [0, 0.1) is 12.8 Å². The lowest BCUT2D eigenvalue weighted by atomic mass is 9.99. The molecule has 2 unspecified atom stereocenters. The molecule has 0 amide bonds. The van der Waals surface area contributed by atoms with Gasteiger partial charge in [-0.15, -0.1) is 0 Å². The van der Waals surface area contributed by atoms with Gasteiger partial charge in [0, 0.05) is 25.3 Å². The number of nitrogens with zero attached hydrogens (tertiary/aromatic N) is 1. The van der Waals surface area contributed by atoms with Crippen LogP contribution in [0.5, 0.6) is 0 Å². The zero-order valence-electron chi connectivity index (χ0n) is 13.2. The Morgan fingerprint density at radius 3 is 2.42 bits per heavy atom. The molecular weight excluding hydrogens is 232 g/mol. The average Bonchev–Trinajstić information content (AvgIpc) is 2.40. The van der Waals surface area contributed by atoms with Gasteiger partial charge in [-0.25, -0.2) is 0 Å². The molecule has 0 spiro atoms. The van der Waals surface area contributed by atoms with Crippen molar-refractivity contribution in [1.29, 1.82) is 0 Å². The number of hydrogen-bond donors (Lipinski definition) is 1. The number of nitrogens with two attached hydrogens (primary N) is 1. The third kappa shape index (κ3) is 4.87. The molecule has 0 aromatic heterocycles. The van der Waals surface area contributed by atoms with Gasteiger partial charge in [0.15, 0.2) is 0 Å². The fraction of sp³-hybridized carbons (Fsp3) is 0.647. The van der Waals surface area contributed by atoms with E-state index in [4.69, 9.17) is 5.73 Å². The quantitative estimate of drug-likeness (QED) is 0.810. The van der Waals surface area contributed by atoms with Crippen LogP contribution in [-0.4, -0.2) is 19.6 Å². The minimum Gasteiger partial charge on any atom is -0.374 e. The summed E-state index contributed by atoms with van der Waals surface area (Å²) in [6, 6.07) is 7.04. The molecule has 2 N–H and O–H groups in total. The third-order valence-corrected chi connectivity index (χ3v) is 4.06. The van der Waals surface area contributed by atoms with E-state index in [0.717, 1.165) is 25.3 Å². The van der Waals surface area contributed by atoms with E-state index in [1.54, 1.807) is 0 Å². The van der Waals surface area contributed by atoms with Crippen molar-refractivity contribution in [2.45, 2.75) is 53.0 Å². The molecule has 0 saturated carbocycles. The van der Waals surface area contributed by atoms with E-state index >= 15 is 0 Å². The number of rotatable bonds is 7. The van der Waals surface area contributed by atoms with E-state index in [-0.39, 0.29) is 6.04 Å². The Bertz CT molecular complexity index is 387. The van der Waals surface area contributed by atoms with Gasteiger partial charge in [0.05, 0.1) is 0 Å². The van der Waals surface area contributed by atoms with Gasteiger partial charge in [0.25, 0.3) is 0 Å². The van der Waals surface area contributed by atoms with Crippen LogP contribution in [0.15, 0.2) is 18.2 Å². The SMILES string of the molecule is CCC(C)CN(C)c1ccc(CC(N)CC)c(C)c1. The second-order valence-corrected chi connectivity index (χ2v) is 5.88. The molecule has 0 aliphatic carbocycles. The Morgan fingerprint density at radius 2 is 1.89 bits per heavy atom. The van der Waals surface area contributed by atoms with Gasteiger partial charge in [-0.05, 0) is 48.9 Å². The van der Waals surface area contributed by atoms with Gasteiger partial charge in [-0.2, -0.15) is 0 Å². The molecule has 108 valence electrons. The minimum atomic E-state index is 0.280. The Balaban J connectivity index is 2.75. The fourth-order valence-corrected chi connectivity index (χ4v) is 2.28. The van der Waals surface area contributed by atoms with E-state index in [1.807, 2.05) is 0 Å². The molecule has 1 aromatic rings. The van der Waals surface area contributed by atoms with Crippen LogP contribution in [0.3, 0.4) is 0 Å². The first-order valence-corrected chi connectivity index (χ1v) is 7.54. The fourth-order valence-electron chi connectivity index (χ4n) is 2.28. The standard InChI is InChI=1S/C17H30N2/c1-6-13(3)12-19(5)17-9-8-15(14(4)10-17)11-16(18)7-2/h8-10,13,16H,6-7,11-12,18H2,1-5H3. The van der Waals surface area contributed by atoms with Crippen LogP contribution in [0.25, 0.3) is 0 Å². The molecule has 2 heteroatoms. The van der Waals surface area contributed by atoms with Crippen molar-refractivity contribution in [3.05, 3.63) is 29.3 Å². The van der Waals surface area contributed by atoms with Gasteiger partial charge in [0.1, 0.15) is 0 Å². The van der Waals surface area contributed by atoms with Crippen LogP contribution in [-0.2, 0) is 6.42 Å². The Labute approximate surface area is 119 Å². The highest BCUT2D eigenvalue weighted by Crippen LogP contribution is 2.20. The molecule has 1 aromatic carbocycles. The highest BCUT2D eigenvalue weighted by molar-refractivity contribution is 5.50. The lowest BCUT2D eigenvalue weighted by molar-refractivity contribution is 0.560. The van der Waals surface area contributed by atoms with Gasteiger partial charge < -0.3 is 10.6 Å². The van der Waals surface area contributed by atoms with Crippen molar-refractivity contribution in [3.8, 4) is 0 Å². The molecule has 1 rings (SSSR count). The van der Waals surface area contributed by atoms with E-state index < -0.39 is 0 Å². The second kappa shape index (κ2) is 7.54. The monoisotopic (exact) mass is 262 g/mol. The summed E-state index contributed by atoms with van der Waals surface area (Å²) >= 11 is 0. The Morgan fingerprint density at radius 1 is 1.21 bits per heavy atom. The summed E-state index contributed by atoms with van der Waals surface area (Å²) in [5.74, 6) is 0.735. The molecule has 0 bridgehead atoms. The van der Waals surface area contributed by atoms with Crippen LogP contribution in [0.4, 0.5) is 5.69 Å². The van der Waals surface area contributed by atoms with Crippen LogP contribution in [0.2, 0.25) is 0 Å². The van der Waals surface area contributed by atoms with E-state index in [2.05, 4.69) is 57.8 Å². The predicted molar refractivity (Wildman–Crippen MR) is 85.9 cm³/mol. The van der Waals surface area contributed by atoms with Gasteiger partial charge in [0.2, 0.25) is 0 Å². The van der Waals surface area contributed by atoms with Crippen molar-refractivity contribution in [1.82, 2.24) is 0 Å². The molecule has 19 heavy (non-hydrogen) atoms.